The Labute approximate surface area is 166 Å². The molecule has 0 saturated heterocycles. The summed E-state index contributed by atoms with van der Waals surface area (Å²) in [6, 6.07) is 6.30. The fraction of sp³-hybridized carbons (Fsp3) is 0.720. The van der Waals surface area contributed by atoms with Crippen molar-refractivity contribution in [1.29, 1.82) is 0 Å². The van der Waals surface area contributed by atoms with Crippen molar-refractivity contribution in [1.82, 2.24) is 0 Å². The van der Waals surface area contributed by atoms with Crippen molar-refractivity contribution in [2.24, 2.45) is 11.8 Å². The van der Waals surface area contributed by atoms with Gasteiger partial charge in [-0.15, -0.1) is 0 Å². The van der Waals surface area contributed by atoms with E-state index in [-0.39, 0.29) is 12.1 Å². The Bertz CT molecular complexity index is 598. The van der Waals surface area contributed by atoms with Gasteiger partial charge in [-0.2, -0.15) is 0 Å². The Morgan fingerprint density at radius 3 is 2.48 bits per heavy atom. The predicted molar refractivity (Wildman–Crippen MR) is 112 cm³/mol. The SMILES string of the molecule is CCCCCC1CCc2cc(C(=O)O[C@H]3CC[C@H](CCC)CC3)ccc2C1. The van der Waals surface area contributed by atoms with Gasteiger partial charge in [-0.1, -0.05) is 58.4 Å². The van der Waals surface area contributed by atoms with Crippen molar-refractivity contribution in [3.63, 3.8) is 0 Å². The molecule has 1 unspecified atom stereocenters. The molecule has 0 N–H and O–H groups in total. The average Bonchev–Trinajstić information content (AvgIpc) is 2.69. The second-order valence-electron chi connectivity index (χ2n) is 8.92. The smallest absolute Gasteiger partial charge is 0.338 e. The van der Waals surface area contributed by atoms with Crippen LogP contribution in [0.15, 0.2) is 18.2 Å². The Hall–Kier alpha value is -1.31. The summed E-state index contributed by atoms with van der Waals surface area (Å²) in [7, 11) is 0. The first-order valence-corrected chi connectivity index (χ1v) is 11.5. The van der Waals surface area contributed by atoms with Crippen molar-refractivity contribution in [3.8, 4) is 0 Å². The molecule has 2 aliphatic rings. The summed E-state index contributed by atoms with van der Waals surface area (Å²) in [6.07, 6.45) is 16.2. The van der Waals surface area contributed by atoms with E-state index in [0.29, 0.717) is 0 Å². The molecule has 1 aromatic carbocycles. The van der Waals surface area contributed by atoms with Crippen LogP contribution in [0.2, 0.25) is 0 Å². The molecule has 0 spiro atoms. The highest BCUT2D eigenvalue weighted by molar-refractivity contribution is 5.89. The van der Waals surface area contributed by atoms with Crippen LogP contribution >= 0.6 is 0 Å². The molecular formula is C25H38O2. The van der Waals surface area contributed by atoms with Gasteiger partial charge >= 0.3 is 5.97 Å². The molecule has 2 nitrogen and oxygen atoms in total. The van der Waals surface area contributed by atoms with Crippen LogP contribution in [0.5, 0.6) is 0 Å². The lowest BCUT2D eigenvalue weighted by atomic mass is 9.81. The first kappa shape index (κ1) is 20.4. The zero-order valence-corrected chi connectivity index (χ0v) is 17.5. The molecule has 0 aromatic heterocycles. The largest absolute Gasteiger partial charge is 0.459 e. The van der Waals surface area contributed by atoms with Crippen LogP contribution in [0.4, 0.5) is 0 Å². The molecule has 2 aliphatic carbocycles. The van der Waals surface area contributed by atoms with Crippen LogP contribution in [-0.2, 0) is 17.6 Å². The summed E-state index contributed by atoms with van der Waals surface area (Å²) in [4.78, 5) is 12.6. The molecule has 2 heteroatoms. The second-order valence-corrected chi connectivity index (χ2v) is 8.92. The van der Waals surface area contributed by atoms with Crippen LogP contribution in [0.3, 0.4) is 0 Å². The molecule has 1 atom stereocenters. The van der Waals surface area contributed by atoms with Crippen LogP contribution in [-0.4, -0.2) is 12.1 Å². The van der Waals surface area contributed by atoms with Gasteiger partial charge in [0.25, 0.3) is 0 Å². The van der Waals surface area contributed by atoms with Gasteiger partial charge in [0.1, 0.15) is 6.10 Å². The molecule has 3 rings (SSSR count). The van der Waals surface area contributed by atoms with Crippen molar-refractivity contribution in [2.45, 2.75) is 103 Å². The summed E-state index contributed by atoms with van der Waals surface area (Å²) >= 11 is 0. The van der Waals surface area contributed by atoms with E-state index in [9.17, 15) is 4.79 Å². The fourth-order valence-corrected chi connectivity index (χ4v) is 5.05. The second kappa shape index (κ2) is 10.3. The first-order chi connectivity index (χ1) is 13.2. The molecule has 1 fully saturated rings. The van der Waals surface area contributed by atoms with E-state index < -0.39 is 0 Å². The first-order valence-electron chi connectivity index (χ1n) is 11.5. The molecule has 1 aromatic rings. The predicted octanol–water partition coefficient (Wildman–Crippen LogP) is 6.89. The third kappa shape index (κ3) is 5.83. The van der Waals surface area contributed by atoms with Gasteiger partial charge < -0.3 is 4.74 Å². The molecule has 0 radical (unpaired) electrons. The number of unbranched alkanes of at least 4 members (excludes halogenated alkanes) is 2. The zero-order valence-electron chi connectivity index (χ0n) is 17.5. The highest BCUT2D eigenvalue weighted by Gasteiger charge is 2.25. The standard InChI is InChI=1S/C25H38O2/c1-3-5-6-8-20-9-12-22-18-23(14-13-21(22)17-20)25(26)27-24-15-10-19(7-4-2)11-16-24/h13-14,18-20,24H,3-12,15-17H2,1-2H3/t19-,20?,24-. The van der Waals surface area contributed by atoms with Gasteiger partial charge in [0.15, 0.2) is 0 Å². The highest BCUT2D eigenvalue weighted by atomic mass is 16.5. The number of ether oxygens (including phenoxy) is 1. The van der Waals surface area contributed by atoms with E-state index in [0.717, 1.165) is 36.7 Å². The van der Waals surface area contributed by atoms with E-state index in [1.54, 1.807) is 0 Å². The van der Waals surface area contributed by atoms with Crippen LogP contribution in [0.1, 0.15) is 106 Å². The lowest BCUT2D eigenvalue weighted by Gasteiger charge is -2.28. The van der Waals surface area contributed by atoms with Crippen molar-refractivity contribution in [3.05, 3.63) is 34.9 Å². The van der Waals surface area contributed by atoms with E-state index in [4.69, 9.17) is 4.74 Å². The molecule has 150 valence electrons. The van der Waals surface area contributed by atoms with Gasteiger partial charge in [-0.25, -0.2) is 4.79 Å². The number of hydrogen-bond donors (Lipinski definition) is 0. The maximum atomic E-state index is 12.6. The molecule has 0 heterocycles. The topological polar surface area (TPSA) is 26.3 Å². The Morgan fingerprint density at radius 1 is 0.926 bits per heavy atom. The normalized spacial score (nSPS) is 25.0. The minimum absolute atomic E-state index is 0.109. The van der Waals surface area contributed by atoms with Crippen LogP contribution < -0.4 is 0 Å². The number of esters is 1. The summed E-state index contributed by atoms with van der Waals surface area (Å²) in [5.74, 6) is 1.57. The molecule has 27 heavy (non-hydrogen) atoms. The minimum atomic E-state index is -0.109. The summed E-state index contributed by atoms with van der Waals surface area (Å²) in [6.45, 7) is 4.53. The van der Waals surface area contributed by atoms with Gasteiger partial charge in [0.2, 0.25) is 0 Å². The number of carbonyl (C=O) groups is 1. The highest BCUT2D eigenvalue weighted by Crippen LogP contribution is 2.32. The van der Waals surface area contributed by atoms with E-state index in [1.807, 2.05) is 6.07 Å². The number of carbonyl (C=O) groups excluding carboxylic acids is 1. The quantitative estimate of drug-likeness (QED) is 0.368. The van der Waals surface area contributed by atoms with Crippen molar-refractivity contribution in [2.75, 3.05) is 0 Å². The molecule has 0 bridgehead atoms. The number of aryl methyl sites for hydroxylation is 1. The third-order valence-electron chi connectivity index (χ3n) is 6.75. The number of rotatable bonds is 8. The fourth-order valence-electron chi connectivity index (χ4n) is 5.05. The zero-order chi connectivity index (χ0) is 19.1. The lowest BCUT2D eigenvalue weighted by Crippen LogP contribution is -2.24. The molecule has 0 aliphatic heterocycles. The minimum Gasteiger partial charge on any atom is -0.459 e. The summed E-state index contributed by atoms with van der Waals surface area (Å²) < 4.78 is 5.84. The Balaban J connectivity index is 1.51. The molecule has 1 saturated carbocycles. The summed E-state index contributed by atoms with van der Waals surface area (Å²) in [5.41, 5.74) is 3.59. The molecule has 0 amide bonds. The van der Waals surface area contributed by atoms with Gasteiger partial charge in [0.05, 0.1) is 5.56 Å². The van der Waals surface area contributed by atoms with E-state index in [1.165, 1.54) is 75.3 Å². The number of benzene rings is 1. The van der Waals surface area contributed by atoms with Crippen LogP contribution in [0, 0.1) is 11.8 Å². The summed E-state index contributed by atoms with van der Waals surface area (Å²) in [5, 5.41) is 0. The molecular weight excluding hydrogens is 332 g/mol. The van der Waals surface area contributed by atoms with Crippen LogP contribution in [0.25, 0.3) is 0 Å². The van der Waals surface area contributed by atoms with Crippen molar-refractivity contribution < 1.29 is 9.53 Å². The van der Waals surface area contributed by atoms with Gasteiger partial charge in [-0.05, 0) is 80.0 Å². The average molecular weight is 371 g/mol. The Kier molecular flexibility index (Phi) is 7.79. The number of hydrogen-bond acceptors (Lipinski definition) is 2. The number of fused-ring (bicyclic) bond motifs is 1. The van der Waals surface area contributed by atoms with Crippen molar-refractivity contribution >= 4 is 5.97 Å². The van der Waals surface area contributed by atoms with E-state index >= 15 is 0 Å². The van der Waals surface area contributed by atoms with Gasteiger partial charge in [-0.3, -0.25) is 0 Å². The van der Waals surface area contributed by atoms with E-state index in [2.05, 4.69) is 26.0 Å². The third-order valence-corrected chi connectivity index (χ3v) is 6.75. The monoisotopic (exact) mass is 370 g/mol. The maximum Gasteiger partial charge on any atom is 0.338 e. The maximum absolute atomic E-state index is 12.6. The van der Waals surface area contributed by atoms with Gasteiger partial charge in [0, 0.05) is 0 Å². The lowest BCUT2D eigenvalue weighted by molar-refractivity contribution is 0.0161. The Morgan fingerprint density at radius 2 is 1.74 bits per heavy atom.